The zero-order chi connectivity index (χ0) is 16.7. The number of thioether (sulfide) groups is 1. The highest BCUT2D eigenvalue weighted by Gasteiger charge is 2.16. The highest BCUT2D eigenvalue weighted by Crippen LogP contribution is 2.24. The summed E-state index contributed by atoms with van der Waals surface area (Å²) in [6, 6.07) is 9.91. The lowest BCUT2D eigenvalue weighted by Crippen LogP contribution is -2.46. The molecular formula is C16H19N3O3S. The molecular weight excluding hydrogens is 314 g/mol. The smallest absolute Gasteiger partial charge is 0.319 e. The zero-order valence-corrected chi connectivity index (χ0v) is 13.8. The minimum Gasteiger partial charge on any atom is -0.467 e. The number of carbonyl (C=O) groups excluding carboxylic acids is 2. The summed E-state index contributed by atoms with van der Waals surface area (Å²) in [6.45, 7) is 1.91. The van der Waals surface area contributed by atoms with Crippen molar-refractivity contribution in [2.45, 2.75) is 24.4 Å². The fourth-order valence-corrected chi connectivity index (χ4v) is 2.46. The molecule has 2 aromatic rings. The summed E-state index contributed by atoms with van der Waals surface area (Å²) in [5.74, 6) is 0.374. The molecule has 0 saturated carbocycles. The van der Waals surface area contributed by atoms with Crippen molar-refractivity contribution in [3.63, 3.8) is 0 Å². The van der Waals surface area contributed by atoms with Crippen LogP contribution in [0.2, 0.25) is 0 Å². The Morgan fingerprint density at radius 1 is 1.22 bits per heavy atom. The third-order valence-electron chi connectivity index (χ3n) is 3.11. The zero-order valence-electron chi connectivity index (χ0n) is 13.0. The van der Waals surface area contributed by atoms with Gasteiger partial charge in [-0.3, -0.25) is 4.79 Å². The summed E-state index contributed by atoms with van der Waals surface area (Å²) in [5.41, 5.74) is 0.709. The van der Waals surface area contributed by atoms with Crippen LogP contribution in [0.1, 0.15) is 12.7 Å². The minimum absolute atomic E-state index is 0.283. The van der Waals surface area contributed by atoms with Crippen LogP contribution in [0, 0.1) is 0 Å². The van der Waals surface area contributed by atoms with Crippen LogP contribution in [0.15, 0.2) is 52.0 Å². The number of furan rings is 1. The normalized spacial score (nSPS) is 11.6. The molecule has 1 atom stereocenters. The summed E-state index contributed by atoms with van der Waals surface area (Å²) in [7, 11) is 0. The summed E-state index contributed by atoms with van der Waals surface area (Å²) in [6.07, 6.45) is 3.48. The minimum atomic E-state index is -0.661. The van der Waals surface area contributed by atoms with Crippen molar-refractivity contribution in [2.75, 3.05) is 11.6 Å². The van der Waals surface area contributed by atoms with Crippen LogP contribution in [0.25, 0.3) is 0 Å². The van der Waals surface area contributed by atoms with Gasteiger partial charge in [-0.1, -0.05) is 12.1 Å². The summed E-state index contributed by atoms with van der Waals surface area (Å²) < 4.78 is 5.13. The number of anilines is 1. The van der Waals surface area contributed by atoms with Crippen LogP contribution in [0.4, 0.5) is 10.5 Å². The summed E-state index contributed by atoms with van der Waals surface area (Å²) >= 11 is 1.54. The van der Waals surface area contributed by atoms with Gasteiger partial charge in [-0.25, -0.2) is 4.79 Å². The second kappa shape index (κ2) is 8.28. The standard InChI is InChI=1S/C16H19N3O3S/c1-11(15(20)17-10-12-6-5-9-22-12)18-16(21)19-13-7-3-4-8-14(13)23-2/h3-9,11H,10H2,1-2H3,(H,17,20)(H2,18,19,21)/t11-/m0/s1. The van der Waals surface area contributed by atoms with E-state index in [-0.39, 0.29) is 12.5 Å². The number of hydrogen-bond donors (Lipinski definition) is 3. The van der Waals surface area contributed by atoms with Gasteiger partial charge < -0.3 is 20.4 Å². The van der Waals surface area contributed by atoms with Gasteiger partial charge in [0.05, 0.1) is 18.5 Å². The van der Waals surface area contributed by atoms with Crippen LogP contribution >= 0.6 is 11.8 Å². The molecule has 1 aromatic heterocycles. The molecule has 122 valence electrons. The molecule has 6 nitrogen and oxygen atoms in total. The predicted octanol–water partition coefficient (Wildman–Crippen LogP) is 2.83. The highest BCUT2D eigenvalue weighted by molar-refractivity contribution is 7.98. The van der Waals surface area contributed by atoms with Gasteiger partial charge in [-0.05, 0) is 37.4 Å². The van der Waals surface area contributed by atoms with Crippen molar-refractivity contribution < 1.29 is 14.0 Å². The Hall–Kier alpha value is -2.41. The van der Waals surface area contributed by atoms with Crippen molar-refractivity contribution in [3.05, 3.63) is 48.4 Å². The van der Waals surface area contributed by atoms with E-state index in [1.165, 1.54) is 11.8 Å². The second-order valence-electron chi connectivity index (χ2n) is 4.82. The Kier molecular flexibility index (Phi) is 6.10. The van der Waals surface area contributed by atoms with Crippen molar-refractivity contribution in [1.82, 2.24) is 10.6 Å². The first kappa shape index (κ1) is 17.0. The molecule has 7 heteroatoms. The molecule has 23 heavy (non-hydrogen) atoms. The van der Waals surface area contributed by atoms with Gasteiger partial charge in [-0.2, -0.15) is 0 Å². The van der Waals surface area contributed by atoms with E-state index in [0.717, 1.165) is 4.90 Å². The molecule has 1 aromatic carbocycles. The third kappa shape index (κ3) is 5.07. The molecule has 3 N–H and O–H groups in total. The number of para-hydroxylation sites is 1. The maximum absolute atomic E-state index is 12.0. The SMILES string of the molecule is CSc1ccccc1NC(=O)N[C@@H](C)C(=O)NCc1ccco1. The first-order valence-electron chi connectivity index (χ1n) is 7.10. The molecule has 3 amide bonds. The van der Waals surface area contributed by atoms with E-state index in [1.807, 2.05) is 30.5 Å². The van der Waals surface area contributed by atoms with Crippen LogP contribution in [0.5, 0.6) is 0 Å². The maximum atomic E-state index is 12.0. The molecule has 0 bridgehead atoms. The lowest BCUT2D eigenvalue weighted by Gasteiger charge is -2.15. The Morgan fingerprint density at radius 3 is 2.70 bits per heavy atom. The fraction of sp³-hybridized carbons (Fsp3) is 0.250. The van der Waals surface area contributed by atoms with E-state index in [4.69, 9.17) is 4.42 Å². The van der Waals surface area contributed by atoms with E-state index in [2.05, 4.69) is 16.0 Å². The van der Waals surface area contributed by atoms with Gasteiger partial charge in [-0.15, -0.1) is 11.8 Å². The second-order valence-corrected chi connectivity index (χ2v) is 5.67. The molecule has 2 rings (SSSR count). The molecule has 0 radical (unpaired) electrons. The average molecular weight is 333 g/mol. The Morgan fingerprint density at radius 2 is 2.00 bits per heavy atom. The van der Waals surface area contributed by atoms with Gasteiger partial charge in [0.15, 0.2) is 0 Å². The van der Waals surface area contributed by atoms with E-state index in [0.29, 0.717) is 11.4 Å². The van der Waals surface area contributed by atoms with Crippen molar-refractivity contribution >= 4 is 29.4 Å². The van der Waals surface area contributed by atoms with Crippen molar-refractivity contribution in [3.8, 4) is 0 Å². The highest BCUT2D eigenvalue weighted by atomic mass is 32.2. The van der Waals surface area contributed by atoms with Crippen LogP contribution in [0.3, 0.4) is 0 Å². The first-order valence-corrected chi connectivity index (χ1v) is 8.33. The molecule has 0 aliphatic carbocycles. The Labute approximate surface area is 139 Å². The Bertz CT molecular complexity index is 658. The van der Waals surface area contributed by atoms with Gasteiger partial charge in [0.2, 0.25) is 5.91 Å². The largest absolute Gasteiger partial charge is 0.467 e. The first-order chi connectivity index (χ1) is 11.1. The maximum Gasteiger partial charge on any atom is 0.319 e. The van der Waals surface area contributed by atoms with Crippen LogP contribution in [-0.2, 0) is 11.3 Å². The topological polar surface area (TPSA) is 83.4 Å². The van der Waals surface area contributed by atoms with E-state index in [9.17, 15) is 9.59 Å². The fourth-order valence-electron chi connectivity index (χ4n) is 1.91. The number of amides is 3. The molecule has 1 heterocycles. The van der Waals surface area contributed by atoms with E-state index in [1.54, 1.807) is 25.3 Å². The summed E-state index contributed by atoms with van der Waals surface area (Å²) in [5, 5.41) is 8.05. The van der Waals surface area contributed by atoms with E-state index < -0.39 is 12.1 Å². The van der Waals surface area contributed by atoms with Crippen LogP contribution in [-0.4, -0.2) is 24.2 Å². The van der Waals surface area contributed by atoms with Gasteiger partial charge in [0, 0.05) is 4.90 Å². The van der Waals surface area contributed by atoms with Gasteiger partial charge in [0.25, 0.3) is 0 Å². The molecule has 0 fully saturated rings. The quantitative estimate of drug-likeness (QED) is 0.710. The number of carbonyl (C=O) groups is 2. The van der Waals surface area contributed by atoms with Gasteiger partial charge in [0.1, 0.15) is 11.8 Å². The monoisotopic (exact) mass is 333 g/mol. The molecule has 0 spiro atoms. The van der Waals surface area contributed by atoms with Crippen molar-refractivity contribution in [2.24, 2.45) is 0 Å². The number of urea groups is 1. The molecule has 0 aliphatic rings. The lowest BCUT2D eigenvalue weighted by atomic mass is 10.3. The van der Waals surface area contributed by atoms with Crippen molar-refractivity contribution in [1.29, 1.82) is 0 Å². The van der Waals surface area contributed by atoms with Gasteiger partial charge >= 0.3 is 6.03 Å². The Balaban J connectivity index is 1.82. The lowest BCUT2D eigenvalue weighted by molar-refractivity contribution is -0.122. The van der Waals surface area contributed by atoms with E-state index >= 15 is 0 Å². The molecule has 0 unspecified atom stereocenters. The third-order valence-corrected chi connectivity index (χ3v) is 3.91. The average Bonchev–Trinajstić information content (AvgIpc) is 3.06. The number of nitrogens with one attached hydrogen (secondary N) is 3. The molecule has 0 saturated heterocycles. The molecule has 0 aliphatic heterocycles. The summed E-state index contributed by atoms with van der Waals surface area (Å²) in [4.78, 5) is 24.9. The number of benzene rings is 1. The van der Waals surface area contributed by atoms with Crippen LogP contribution < -0.4 is 16.0 Å². The number of rotatable bonds is 6. The predicted molar refractivity (Wildman–Crippen MR) is 90.4 cm³/mol. The number of hydrogen-bond acceptors (Lipinski definition) is 4.